The molecule has 0 N–H and O–H groups in total. The molecular weight excluding hydrogens is 176 g/mol. The van der Waals surface area contributed by atoms with Gasteiger partial charge in [0.2, 0.25) is 0 Å². The van der Waals surface area contributed by atoms with Gasteiger partial charge in [-0.05, 0) is 36.0 Å². The highest BCUT2D eigenvalue weighted by molar-refractivity contribution is 5.56. The molecular formula is C12H14O2. The van der Waals surface area contributed by atoms with E-state index in [2.05, 4.69) is 6.07 Å². The molecule has 0 aromatic heterocycles. The van der Waals surface area contributed by atoms with Gasteiger partial charge in [0.1, 0.15) is 12.0 Å². The Morgan fingerprint density at radius 1 is 1.50 bits per heavy atom. The minimum atomic E-state index is 0.504. The van der Waals surface area contributed by atoms with Gasteiger partial charge in [0, 0.05) is 6.42 Å². The average molecular weight is 190 g/mol. The van der Waals surface area contributed by atoms with Crippen LogP contribution >= 0.6 is 0 Å². The summed E-state index contributed by atoms with van der Waals surface area (Å²) >= 11 is 0. The van der Waals surface area contributed by atoms with Crippen molar-refractivity contribution in [2.24, 2.45) is 0 Å². The summed E-state index contributed by atoms with van der Waals surface area (Å²) in [6.45, 7) is 0. The third kappa shape index (κ3) is 1.79. The van der Waals surface area contributed by atoms with E-state index in [0.29, 0.717) is 12.3 Å². The average Bonchev–Trinajstić information content (AvgIpc) is 3.01. The van der Waals surface area contributed by atoms with Crippen LogP contribution in [0.25, 0.3) is 0 Å². The fraction of sp³-hybridized carbons (Fsp3) is 0.417. The summed E-state index contributed by atoms with van der Waals surface area (Å²) in [6.07, 6.45) is 3.95. The predicted octanol–water partition coefficient (Wildman–Crippen LogP) is 2.31. The Hall–Kier alpha value is -1.31. The van der Waals surface area contributed by atoms with Gasteiger partial charge in [0.15, 0.2) is 0 Å². The van der Waals surface area contributed by atoms with Crippen LogP contribution in [0.15, 0.2) is 18.2 Å². The number of rotatable bonds is 4. The Bertz CT molecular complexity index is 340. The van der Waals surface area contributed by atoms with Crippen LogP contribution in [0.4, 0.5) is 0 Å². The van der Waals surface area contributed by atoms with Gasteiger partial charge in [-0.1, -0.05) is 12.1 Å². The number of hydrogen-bond donors (Lipinski definition) is 0. The molecule has 0 amide bonds. The van der Waals surface area contributed by atoms with E-state index in [0.717, 1.165) is 17.6 Å². The number of methoxy groups -OCH3 is 1. The summed E-state index contributed by atoms with van der Waals surface area (Å²) in [5.74, 6) is 1.62. The summed E-state index contributed by atoms with van der Waals surface area (Å²) in [6, 6.07) is 6.02. The van der Waals surface area contributed by atoms with Crippen molar-refractivity contribution in [3.63, 3.8) is 0 Å². The maximum Gasteiger partial charge on any atom is 0.124 e. The summed E-state index contributed by atoms with van der Waals surface area (Å²) in [5.41, 5.74) is 2.36. The summed E-state index contributed by atoms with van der Waals surface area (Å²) in [5, 5.41) is 0. The number of hydrogen-bond acceptors (Lipinski definition) is 2. The second-order valence-electron chi connectivity index (χ2n) is 3.72. The molecule has 1 aliphatic rings. The first-order valence-corrected chi connectivity index (χ1v) is 4.95. The fourth-order valence-electron chi connectivity index (χ4n) is 1.72. The van der Waals surface area contributed by atoms with Gasteiger partial charge in [-0.3, -0.25) is 0 Å². The second kappa shape index (κ2) is 3.82. The van der Waals surface area contributed by atoms with Crippen LogP contribution in [0.5, 0.6) is 5.75 Å². The zero-order chi connectivity index (χ0) is 9.97. The smallest absolute Gasteiger partial charge is 0.124 e. The van der Waals surface area contributed by atoms with Crippen molar-refractivity contribution in [1.82, 2.24) is 0 Å². The van der Waals surface area contributed by atoms with Crippen LogP contribution in [-0.2, 0) is 11.2 Å². The van der Waals surface area contributed by atoms with Gasteiger partial charge in [-0.25, -0.2) is 0 Å². The Morgan fingerprint density at radius 3 is 2.86 bits per heavy atom. The van der Waals surface area contributed by atoms with Crippen molar-refractivity contribution >= 4 is 6.29 Å². The van der Waals surface area contributed by atoms with Crippen LogP contribution in [0, 0.1) is 0 Å². The molecule has 0 heterocycles. The fourth-order valence-corrected chi connectivity index (χ4v) is 1.72. The highest BCUT2D eigenvalue weighted by Crippen LogP contribution is 2.44. The highest BCUT2D eigenvalue weighted by Gasteiger charge is 2.26. The molecule has 1 aromatic rings. The molecule has 2 nitrogen and oxygen atoms in total. The lowest BCUT2D eigenvalue weighted by Crippen LogP contribution is -1.93. The SMILES string of the molecule is COc1ccc(CC=O)cc1C1CC1. The predicted molar refractivity (Wildman–Crippen MR) is 54.7 cm³/mol. The molecule has 0 aliphatic heterocycles. The van der Waals surface area contributed by atoms with E-state index in [1.54, 1.807) is 7.11 Å². The lowest BCUT2D eigenvalue weighted by atomic mass is 10.0. The van der Waals surface area contributed by atoms with Crippen molar-refractivity contribution in [3.8, 4) is 5.75 Å². The number of carbonyl (C=O) groups is 1. The Balaban J connectivity index is 2.31. The van der Waals surface area contributed by atoms with Crippen LogP contribution in [0.1, 0.15) is 29.9 Å². The van der Waals surface area contributed by atoms with E-state index in [1.807, 2.05) is 12.1 Å². The van der Waals surface area contributed by atoms with Crippen LogP contribution in [0.2, 0.25) is 0 Å². The molecule has 1 aliphatic carbocycles. The van der Waals surface area contributed by atoms with E-state index >= 15 is 0 Å². The second-order valence-corrected chi connectivity index (χ2v) is 3.72. The molecule has 14 heavy (non-hydrogen) atoms. The molecule has 2 heteroatoms. The monoisotopic (exact) mass is 190 g/mol. The molecule has 2 rings (SSSR count). The zero-order valence-corrected chi connectivity index (χ0v) is 8.32. The minimum Gasteiger partial charge on any atom is -0.496 e. The largest absolute Gasteiger partial charge is 0.496 e. The quantitative estimate of drug-likeness (QED) is 0.681. The number of carbonyl (C=O) groups excluding carboxylic acids is 1. The van der Waals surface area contributed by atoms with E-state index in [1.165, 1.54) is 18.4 Å². The summed E-state index contributed by atoms with van der Waals surface area (Å²) < 4.78 is 5.29. The Morgan fingerprint density at radius 2 is 2.29 bits per heavy atom. The van der Waals surface area contributed by atoms with Gasteiger partial charge < -0.3 is 9.53 Å². The molecule has 74 valence electrons. The lowest BCUT2D eigenvalue weighted by Gasteiger charge is -2.08. The van der Waals surface area contributed by atoms with E-state index in [9.17, 15) is 4.79 Å². The lowest BCUT2D eigenvalue weighted by molar-refractivity contribution is -0.107. The highest BCUT2D eigenvalue weighted by atomic mass is 16.5. The normalized spacial score (nSPS) is 15.2. The molecule has 1 saturated carbocycles. The zero-order valence-electron chi connectivity index (χ0n) is 8.32. The van der Waals surface area contributed by atoms with Crippen LogP contribution < -0.4 is 4.74 Å². The molecule has 1 aromatic carbocycles. The van der Waals surface area contributed by atoms with Crippen LogP contribution in [0.3, 0.4) is 0 Å². The van der Waals surface area contributed by atoms with Crippen molar-refractivity contribution in [2.75, 3.05) is 7.11 Å². The van der Waals surface area contributed by atoms with Crippen LogP contribution in [-0.4, -0.2) is 13.4 Å². The van der Waals surface area contributed by atoms with Crippen molar-refractivity contribution in [3.05, 3.63) is 29.3 Å². The first-order chi connectivity index (χ1) is 6.85. The maximum atomic E-state index is 10.4. The number of benzene rings is 1. The molecule has 0 spiro atoms. The van der Waals surface area contributed by atoms with Crippen molar-refractivity contribution in [2.45, 2.75) is 25.2 Å². The third-order valence-electron chi connectivity index (χ3n) is 2.63. The van der Waals surface area contributed by atoms with E-state index in [4.69, 9.17) is 4.74 Å². The van der Waals surface area contributed by atoms with E-state index < -0.39 is 0 Å². The number of ether oxygens (including phenoxy) is 1. The Labute approximate surface area is 83.9 Å². The van der Waals surface area contributed by atoms with Gasteiger partial charge in [0.25, 0.3) is 0 Å². The molecule has 0 atom stereocenters. The first-order valence-electron chi connectivity index (χ1n) is 4.95. The standard InChI is InChI=1S/C12H14O2/c1-14-12-5-2-9(6-7-13)8-11(12)10-3-4-10/h2,5,7-8,10H,3-4,6H2,1H3. The first kappa shape index (κ1) is 9.25. The van der Waals surface area contributed by atoms with Gasteiger partial charge in [0.05, 0.1) is 7.11 Å². The summed E-state index contributed by atoms with van der Waals surface area (Å²) in [4.78, 5) is 10.4. The third-order valence-corrected chi connectivity index (χ3v) is 2.63. The van der Waals surface area contributed by atoms with Gasteiger partial charge in [-0.15, -0.1) is 0 Å². The molecule has 0 radical (unpaired) electrons. The van der Waals surface area contributed by atoms with Crippen molar-refractivity contribution < 1.29 is 9.53 Å². The minimum absolute atomic E-state index is 0.504. The van der Waals surface area contributed by atoms with Gasteiger partial charge >= 0.3 is 0 Å². The topological polar surface area (TPSA) is 26.3 Å². The molecule has 1 fully saturated rings. The maximum absolute atomic E-state index is 10.4. The van der Waals surface area contributed by atoms with Crippen molar-refractivity contribution in [1.29, 1.82) is 0 Å². The van der Waals surface area contributed by atoms with E-state index in [-0.39, 0.29) is 0 Å². The summed E-state index contributed by atoms with van der Waals surface area (Å²) in [7, 11) is 1.70. The number of aldehydes is 1. The Kier molecular flexibility index (Phi) is 2.53. The molecule has 0 saturated heterocycles. The molecule has 0 bridgehead atoms. The molecule has 0 unspecified atom stereocenters. The van der Waals surface area contributed by atoms with Gasteiger partial charge in [-0.2, -0.15) is 0 Å².